The number of anilines is 1. The molecular weight excluding hydrogens is 366 g/mol. The third kappa shape index (κ3) is 4.06. The molecule has 1 amide bonds. The summed E-state index contributed by atoms with van der Waals surface area (Å²) >= 11 is 11.9. The Morgan fingerprint density at radius 2 is 2.12 bits per heavy atom. The Balaban J connectivity index is 1.71. The van der Waals surface area contributed by atoms with E-state index in [4.69, 9.17) is 27.9 Å². The minimum Gasteiger partial charge on any atom is -0.479 e. The van der Waals surface area contributed by atoms with Gasteiger partial charge in [0.1, 0.15) is 11.6 Å². The van der Waals surface area contributed by atoms with Crippen molar-refractivity contribution in [3.63, 3.8) is 0 Å². The Hall–Kier alpha value is -1.82. The molecule has 0 bridgehead atoms. The SMILES string of the molecule is CC(Oc1ccc(Cl)cc1Cl)C(=O)Nc1ccc2c(c1F)CCNC2. The number of amides is 1. The van der Waals surface area contributed by atoms with Crippen LogP contribution in [0.4, 0.5) is 10.1 Å². The molecule has 132 valence electrons. The molecule has 25 heavy (non-hydrogen) atoms. The highest BCUT2D eigenvalue weighted by atomic mass is 35.5. The van der Waals surface area contributed by atoms with Gasteiger partial charge in [0.05, 0.1) is 10.7 Å². The average molecular weight is 383 g/mol. The largest absolute Gasteiger partial charge is 0.479 e. The van der Waals surface area contributed by atoms with Gasteiger partial charge >= 0.3 is 0 Å². The third-order valence-electron chi connectivity index (χ3n) is 4.03. The van der Waals surface area contributed by atoms with Crippen molar-refractivity contribution in [1.29, 1.82) is 0 Å². The fourth-order valence-electron chi connectivity index (χ4n) is 2.68. The van der Waals surface area contributed by atoms with Gasteiger partial charge < -0.3 is 15.4 Å². The number of hydrogen-bond acceptors (Lipinski definition) is 3. The van der Waals surface area contributed by atoms with E-state index in [1.165, 1.54) is 6.07 Å². The highest BCUT2D eigenvalue weighted by Crippen LogP contribution is 2.29. The number of hydrogen-bond donors (Lipinski definition) is 2. The summed E-state index contributed by atoms with van der Waals surface area (Å²) in [5, 5.41) is 6.55. The monoisotopic (exact) mass is 382 g/mol. The average Bonchev–Trinajstić information content (AvgIpc) is 2.60. The fraction of sp³-hybridized carbons (Fsp3) is 0.278. The highest BCUT2D eigenvalue weighted by Gasteiger charge is 2.21. The molecular formula is C18H17Cl2FN2O2. The Morgan fingerprint density at radius 1 is 1.32 bits per heavy atom. The molecule has 1 heterocycles. The number of halogens is 3. The number of nitrogens with one attached hydrogen (secondary N) is 2. The summed E-state index contributed by atoms with van der Waals surface area (Å²) in [4.78, 5) is 12.3. The smallest absolute Gasteiger partial charge is 0.265 e. The molecule has 1 aliphatic rings. The lowest BCUT2D eigenvalue weighted by Gasteiger charge is -2.20. The zero-order valence-electron chi connectivity index (χ0n) is 13.5. The number of ether oxygens (including phenoxy) is 1. The summed E-state index contributed by atoms with van der Waals surface area (Å²) in [6.45, 7) is 2.92. The van der Waals surface area contributed by atoms with Crippen molar-refractivity contribution in [2.45, 2.75) is 26.0 Å². The molecule has 0 radical (unpaired) electrons. The zero-order valence-corrected chi connectivity index (χ0v) is 15.0. The number of carbonyl (C=O) groups is 1. The second-order valence-corrected chi connectivity index (χ2v) is 6.66. The Kier molecular flexibility index (Phi) is 5.47. The molecule has 1 atom stereocenters. The van der Waals surface area contributed by atoms with Crippen LogP contribution in [0.25, 0.3) is 0 Å². The second-order valence-electron chi connectivity index (χ2n) is 5.82. The standard InChI is InChI=1S/C18H17Cl2FN2O2/c1-10(25-16-5-3-12(19)8-14(16)20)18(24)23-15-4-2-11-9-22-7-6-13(11)17(15)21/h2-5,8,10,22H,6-7,9H2,1H3,(H,23,24). The van der Waals surface area contributed by atoms with Gasteiger partial charge in [0.15, 0.2) is 6.10 Å². The predicted molar refractivity (Wildman–Crippen MR) is 97.0 cm³/mol. The summed E-state index contributed by atoms with van der Waals surface area (Å²) < 4.78 is 20.1. The van der Waals surface area contributed by atoms with Crippen LogP contribution in [0, 0.1) is 5.82 Å². The first kappa shape index (κ1) is 18.0. The first-order valence-electron chi connectivity index (χ1n) is 7.89. The van der Waals surface area contributed by atoms with E-state index in [1.807, 2.05) is 6.07 Å². The van der Waals surface area contributed by atoms with Crippen LogP contribution in [0.5, 0.6) is 5.75 Å². The first-order chi connectivity index (χ1) is 12.0. The molecule has 0 aromatic heterocycles. The summed E-state index contributed by atoms with van der Waals surface area (Å²) in [5.74, 6) is -0.506. The van der Waals surface area contributed by atoms with Gasteiger partial charge in [0.2, 0.25) is 0 Å². The van der Waals surface area contributed by atoms with Crippen molar-refractivity contribution < 1.29 is 13.9 Å². The molecule has 0 fully saturated rings. The van der Waals surface area contributed by atoms with Crippen LogP contribution in [-0.2, 0) is 17.8 Å². The summed E-state index contributed by atoms with van der Waals surface area (Å²) in [7, 11) is 0. The molecule has 2 N–H and O–H groups in total. The maximum absolute atomic E-state index is 14.6. The lowest BCUT2D eigenvalue weighted by atomic mass is 9.99. The van der Waals surface area contributed by atoms with Crippen molar-refractivity contribution in [2.75, 3.05) is 11.9 Å². The van der Waals surface area contributed by atoms with E-state index in [1.54, 1.807) is 25.1 Å². The Bertz CT molecular complexity index is 814. The van der Waals surface area contributed by atoms with E-state index in [0.717, 1.165) is 12.1 Å². The van der Waals surface area contributed by atoms with Crippen molar-refractivity contribution in [1.82, 2.24) is 5.32 Å². The molecule has 4 nitrogen and oxygen atoms in total. The molecule has 2 aromatic rings. The minimum absolute atomic E-state index is 0.156. The van der Waals surface area contributed by atoms with Gasteiger partial charge in [-0.3, -0.25) is 4.79 Å². The van der Waals surface area contributed by atoms with Gasteiger partial charge in [-0.25, -0.2) is 4.39 Å². The molecule has 3 rings (SSSR count). The minimum atomic E-state index is -0.851. The number of fused-ring (bicyclic) bond motifs is 1. The van der Waals surface area contributed by atoms with Crippen LogP contribution < -0.4 is 15.4 Å². The van der Waals surface area contributed by atoms with Gasteiger partial charge in [-0.2, -0.15) is 0 Å². The molecule has 0 spiro atoms. The van der Waals surface area contributed by atoms with Crippen LogP contribution in [0.15, 0.2) is 30.3 Å². The lowest BCUT2D eigenvalue weighted by molar-refractivity contribution is -0.122. The van der Waals surface area contributed by atoms with Crippen LogP contribution in [0.2, 0.25) is 10.0 Å². The van der Waals surface area contributed by atoms with Crippen LogP contribution >= 0.6 is 23.2 Å². The van der Waals surface area contributed by atoms with E-state index in [2.05, 4.69) is 10.6 Å². The number of rotatable bonds is 4. The molecule has 0 saturated heterocycles. The van der Waals surface area contributed by atoms with Gasteiger partial charge in [-0.1, -0.05) is 29.3 Å². The van der Waals surface area contributed by atoms with Gasteiger partial charge in [-0.05, 0) is 55.3 Å². The van der Waals surface area contributed by atoms with Crippen molar-refractivity contribution in [2.24, 2.45) is 0 Å². The van der Waals surface area contributed by atoms with Crippen LogP contribution in [0.1, 0.15) is 18.1 Å². The van der Waals surface area contributed by atoms with Crippen molar-refractivity contribution in [3.8, 4) is 5.75 Å². The van der Waals surface area contributed by atoms with Crippen LogP contribution in [0.3, 0.4) is 0 Å². The quantitative estimate of drug-likeness (QED) is 0.833. The zero-order chi connectivity index (χ0) is 18.0. The molecule has 2 aromatic carbocycles. The van der Waals surface area contributed by atoms with Crippen molar-refractivity contribution in [3.05, 3.63) is 57.3 Å². The number of carbonyl (C=O) groups excluding carboxylic acids is 1. The molecule has 1 aliphatic heterocycles. The van der Waals surface area contributed by atoms with Gasteiger partial charge in [-0.15, -0.1) is 0 Å². The molecule has 0 aliphatic carbocycles. The molecule has 7 heteroatoms. The predicted octanol–water partition coefficient (Wildman–Crippen LogP) is 4.18. The van der Waals surface area contributed by atoms with E-state index < -0.39 is 12.0 Å². The van der Waals surface area contributed by atoms with E-state index in [-0.39, 0.29) is 11.5 Å². The van der Waals surface area contributed by atoms with E-state index in [9.17, 15) is 9.18 Å². The van der Waals surface area contributed by atoms with E-state index in [0.29, 0.717) is 34.3 Å². The Labute approximate surface area is 155 Å². The maximum atomic E-state index is 14.6. The maximum Gasteiger partial charge on any atom is 0.265 e. The van der Waals surface area contributed by atoms with Gasteiger partial charge in [0, 0.05) is 11.6 Å². The second kappa shape index (κ2) is 7.60. The van der Waals surface area contributed by atoms with E-state index >= 15 is 0 Å². The fourth-order valence-corrected chi connectivity index (χ4v) is 3.13. The first-order valence-corrected chi connectivity index (χ1v) is 8.65. The lowest BCUT2D eigenvalue weighted by Crippen LogP contribution is -2.31. The van der Waals surface area contributed by atoms with Gasteiger partial charge in [0.25, 0.3) is 5.91 Å². The third-order valence-corrected chi connectivity index (χ3v) is 4.56. The topological polar surface area (TPSA) is 50.4 Å². The number of benzene rings is 2. The van der Waals surface area contributed by atoms with Crippen molar-refractivity contribution >= 4 is 34.8 Å². The summed E-state index contributed by atoms with van der Waals surface area (Å²) in [6.07, 6.45) is -0.257. The Morgan fingerprint density at radius 3 is 2.88 bits per heavy atom. The van der Waals surface area contributed by atoms with Crippen LogP contribution in [-0.4, -0.2) is 18.6 Å². The highest BCUT2D eigenvalue weighted by molar-refractivity contribution is 6.35. The summed E-state index contributed by atoms with van der Waals surface area (Å²) in [5.41, 5.74) is 1.72. The normalized spacial score (nSPS) is 14.6. The summed E-state index contributed by atoms with van der Waals surface area (Å²) in [6, 6.07) is 8.12. The molecule has 0 saturated carbocycles. The molecule has 1 unspecified atom stereocenters.